The number of rotatable bonds is 29. The highest BCUT2D eigenvalue weighted by molar-refractivity contribution is 7.80. The van der Waals surface area contributed by atoms with E-state index >= 15 is 0 Å². The lowest BCUT2D eigenvalue weighted by molar-refractivity contribution is -0.144. The molecule has 9 unspecified atom stereocenters. The van der Waals surface area contributed by atoms with E-state index in [1.165, 1.54) is 6.92 Å². The first-order valence-corrected chi connectivity index (χ1v) is 17.1. The van der Waals surface area contributed by atoms with E-state index in [2.05, 4.69) is 10.8 Å². The normalized spacial score (nSPS) is 18.2. The van der Waals surface area contributed by atoms with Gasteiger partial charge in [-0.05, 0) is 69.2 Å². The second-order valence-corrected chi connectivity index (χ2v) is 12.9. The Morgan fingerprint density at radius 2 is 0.717 bits per heavy atom. The topological polar surface area (TPSA) is 164 Å². The fraction of sp³-hybridized carbons (Fsp3) is 0.903. The largest absolute Gasteiger partial charge is 0.460 e. The Balaban J connectivity index is 3.96. The molecule has 274 valence electrons. The van der Waals surface area contributed by atoms with Gasteiger partial charge in [0.1, 0.15) is 6.61 Å². The van der Waals surface area contributed by atoms with Crippen LogP contribution >= 0.6 is 0 Å². The van der Waals surface area contributed by atoms with E-state index in [9.17, 15) is 13.2 Å². The Labute approximate surface area is 276 Å². The van der Waals surface area contributed by atoms with E-state index in [-0.39, 0.29) is 68.7 Å². The Kier molecular flexibility index (Phi) is 24.2. The molecule has 9 atom stereocenters. The number of carbonyl (C=O) groups excluding carboxylic acids is 1. The van der Waals surface area contributed by atoms with Crippen molar-refractivity contribution in [1.82, 2.24) is 0 Å². The summed E-state index contributed by atoms with van der Waals surface area (Å²) < 4.78 is 85.7. The molecule has 0 bridgehead atoms. The van der Waals surface area contributed by atoms with Gasteiger partial charge in [0.25, 0.3) is 0 Å². The number of hydrogen-bond donors (Lipinski definition) is 1. The minimum Gasteiger partial charge on any atom is -0.460 e. The van der Waals surface area contributed by atoms with E-state index in [1.54, 1.807) is 13.8 Å². The minimum absolute atomic E-state index is 0.0124. The van der Waals surface area contributed by atoms with Crippen molar-refractivity contribution in [2.75, 3.05) is 59.5 Å². The lowest BCUT2D eigenvalue weighted by Gasteiger charge is -2.23. The quantitative estimate of drug-likeness (QED) is 0.0689. The summed E-state index contributed by atoms with van der Waals surface area (Å²) in [4.78, 5) is 11.5. The first-order valence-electron chi connectivity index (χ1n) is 15.8. The summed E-state index contributed by atoms with van der Waals surface area (Å²) in [6.07, 6.45) is -2.28. The summed E-state index contributed by atoms with van der Waals surface area (Å²) in [5.41, 5.74) is 0.352. The van der Waals surface area contributed by atoms with Crippen molar-refractivity contribution in [3.8, 4) is 0 Å². The summed E-state index contributed by atoms with van der Waals surface area (Å²) in [6.45, 7) is 24.5. The molecule has 0 aromatic rings. The number of esters is 1. The van der Waals surface area contributed by atoms with Crippen molar-refractivity contribution in [1.29, 1.82) is 0 Å². The summed E-state index contributed by atoms with van der Waals surface area (Å²) in [7, 11) is -4.51. The Morgan fingerprint density at radius 1 is 0.500 bits per heavy atom. The molecule has 0 saturated heterocycles. The molecule has 1 N–H and O–H groups in total. The minimum atomic E-state index is -4.51. The number of ether oxygens (including phenoxy) is 9. The molecule has 0 amide bonds. The third kappa shape index (κ3) is 26.8. The van der Waals surface area contributed by atoms with Gasteiger partial charge in [-0.2, -0.15) is 8.42 Å². The predicted molar refractivity (Wildman–Crippen MR) is 171 cm³/mol. The van der Waals surface area contributed by atoms with Crippen LogP contribution in [0, 0.1) is 0 Å². The van der Waals surface area contributed by atoms with Gasteiger partial charge in [0.15, 0.2) is 0 Å². The van der Waals surface area contributed by atoms with Crippen LogP contribution in [0.3, 0.4) is 0 Å². The highest BCUT2D eigenvalue weighted by atomic mass is 32.3. The Morgan fingerprint density at radius 3 is 0.935 bits per heavy atom. The van der Waals surface area contributed by atoms with Crippen molar-refractivity contribution in [2.45, 2.75) is 124 Å². The molecule has 0 aliphatic rings. The van der Waals surface area contributed by atoms with Crippen molar-refractivity contribution in [3.63, 3.8) is 0 Å². The maximum absolute atomic E-state index is 11.5. The standard InChI is InChI=1S/C31H60O14S/c1-21(2)31(32)44-19-29(10)42-17-27(8)40-15-25(6)38-13-23(4)36-12-22(3)37-14-24(5)39-16-26(7)41-18-28(9)43-20-30(11)45-46(33,34)35/h22-30H,1,12-20H2,2-11H3,(H,33,34,35). The van der Waals surface area contributed by atoms with Crippen LogP contribution in [0.1, 0.15) is 69.2 Å². The summed E-state index contributed by atoms with van der Waals surface area (Å²) >= 11 is 0. The highest BCUT2D eigenvalue weighted by Crippen LogP contribution is 2.07. The van der Waals surface area contributed by atoms with Gasteiger partial charge in [-0.25, -0.2) is 8.98 Å². The second kappa shape index (κ2) is 24.8. The molecule has 14 nitrogen and oxygen atoms in total. The second-order valence-electron chi connectivity index (χ2n) is 11.9. The van der Waals surface area contributed by atoms with Crippen LogP contribution in [0.25, 0.3) is 0 Å². The van der Waals surface area contributed by atoms with Crippen LogP contribution in [0.5, 0.6) is 0 Å². The zero-order chi connectivity index (χ0) is 35.3. The fourth-order valence-electron chi connectivity index (χ4n) is 3.33. The highest BCUT2D eigenvalue weighted by Gasteiger charge is 2.17. The van der Waals surface area contributed by atoms with Gasteiger partial charge in [-0.15, -0.1) is 0 Å². The molecule has 0 spiro atoms. The molecule has 0 aliphatic carbocycles. The Hall–Kier alpha value is -1.24. The van der Waals surface area contributed by atoms with Crippen molar-refractivity contribution < 1.29 is 64.6 Å². The molecule has 0 radical (unpaired) electrons. The molecule has 0 aliphatic heterocycles. The third-order valence-corrected chi connectivity index (χ3v) is 6.58. The van der Waals surface area contributed by atoms with Gasteiger partial charge >= 0.3 is 16.4 Å². The lowest BCUT2D eigenvalue weighted by atomic mass is 10.3. The molecule has 46 heavy (non-hydrogen) atoms. The maximum Gasteiger partial charge on any atom is 0.397 e. The zero-order valence-electron chi connectivity index (χ0n) is 29.4. The van der Waals surface area contributed by atoms with Crippen LogP contribution in [-0.2, 0) is 62.0 Å². The van der Waals surface area contributed by atoms with Gasteiger partial charge in [-0.3, -0.25) is 4.55 Å². The smallest absolute Gasteiger partial charge is 0.397 e. The van der Waals surface area contributed by atoms with Crippen molar-refractivity contribution in [2.24, 2.45) is 0 Å². The summed E-state index contributed by atoms with van der Waals surface area (Å²) in [6, 6.07) is 0. The van der Waals surface area contributed by atoms with Gasteiger partial charge in [0, 0.05) is 5.57 Å². The van der Waals surface area contributed by atoms with Crippen LogP contribution in [0.2, 0.25) is 0 Å². The first kappa shape index (κ1) is 44.8. The summed E-state index contributed by atoms with van der Waals surface area (Å²) in [5, 5.41) is 0. The van der Waals surface area contributed by atoms with Gasteiger partial charge < -0.3 is 42.6 Å². The zero-order valence-corrected chi connectivity index (χ0v) is 30.2. The maximum atomic E-state index is 11.5. The lowest BCUT2D eigenvalue weighted by Crippen LogP contribution is -2.30. The first-order chi connectivity index (χ1) is 21.4. The molecule has 0 saturated carbocycles. The molecule has 0 aromatic heterocycles. The molecular weight excluding hydrogens is 628 g/mol. The SMILES string of the molecule is C=C(C)C(=O)OCC(C)OCC(C)OCC(C)OCC(C)OCC(C)OCC(C)OCC(C)OCC(C)OCC(C)OS(=O)(=O)O. The molecule has 0 heterocycles. The van der Waals surface area contributed by atoms with E-state index in [0.29, 0.717) is 45.2 Å². The van der Waals surface area contributed by atoms with Crippen molar-refractivity contribution in [3.05, 3.63) is 12.2 Å². The molecule has 0 fully saturated rings. The van der Waals surface area contributed by atoms with Crippen LogP contribution in [0.4, 0.5) is 0 Å². The Bertz CT molecular complexity index is 917. The van der Waals surface area contributed by atoms with E-state index < -0.39 is 22.5 Å². The average Bonchev–Trinajstić information content (AvgIpc) is 2.97. The molecular formula is C31H60O14S. The van der Waals surface area contributed by atoms with Crippen molar-refractivity contribution >= 4 is 16.4 Å². The van der Waals surface area contributed by atoms with Gasteiger partial charge in [0.2, 0.25) is 0 Å². The monoisotopic (exact) mass is 688 g/mol. The average molecular weight is 689 g/mol. The van der Waals surface area contributed by atoms with Crippen LogP contribution in [0.15, 0.2) is 12.2 Å². The predicted octanol–water partition coefficient (Wildman–Crippen LogP) is 3.55. The van der Waals surface area contributed by atoms with Crippen LogP contribution < -0.4 is 0 Å². The van der Waals surface area contributed by atoms with Crippen LogP contribution in [-0.4, -0.2) is 133 Å². The summed E-state index contributed by atoms with van der Waals surface area (Å²) in [5.74, 6) is -0.432. The molecule has 15 heteroatoms. The molecule has 0 aromatic carbocycles. The fourth-order valence-corrected chi connectivity index (χ4v) is 3.81. The van der Waals surface area contributed by atoms with E-state index in [1.807, 2.05) is 48.5 Å². The van der Waals surface area contributed by atoms with E-state index in [0.717, 1.165) is 0 Å². The number of carbonyl (C=O) groups is 1. The van der Waals surface area contributed by atoms with Gasteiger partial charge in [0.05, 0.1) is 108 Å². The van der Waals surface area contributed by atoms with Gasteiger partial charge in [-0.1, -0.05) is 6.58 Å². The number of hydrogen-bond acceptors (Lipinski definition) is 13. The third-order valence-electron chi connectivity index (χ3n) is 6.01. The molecule has 0 rings (SSSR count). The van der Waals surface area contributed by atoms with E-state index in [4.69, 9.17) is 47.2 Å².